The molecule has 3 rings (SSSR count). The molecule has 0 saturated heterocycles. The topological polar surface area (TPSA) is 42.0 Å². The van der Waals surface area contributed by atoms with E-state index in [-0.39, 0.29) is 17.8 Å². The molecule has 4 heteroatoms. The summed E-state index contributed by atoms with van der Waals surface area (Å²) in [6.07, 6.45) is 2.32. The molecule has 2 aromatic carbocycles. The van der Waals surface area contributed by atoms with E-state index in [4.69, 9.17) is 0 Å². The molecule has 0 aliphatic heterocycles. The Labute approximate surface area is 134 Å². The Morgan fingerprint density at radius 3 is 2.70 bits per heavy atom. The molecule has 1 N–H and O–H groups in total. The Bertz CT molecular complexity index is 833. The van der Waals surface area contributed by atoms with Gasteiger partial charge in [-0.05, 0) is 41.8 Å². The molecular weight excluding hydrogens is 291 g/mol. The molecule has 23 heavy (non-hydrogen) atoms. The van der Waals surface area contributed by atoms with Gasteiger partial charge in [0.1, 0.15) is 5.82 Å². The molecule has 0 aliphatic rings. The minimum atomic E-state index is -0.312. The highest BCUT2D eigenvalue weighted by Crippen LogP contribution is 2.26. The largest absolute Gasteiger partial charge is 0.349 e. The predicted molar refractivity (Wildman–Crippen MR) is 88.4 cm³/mol. The third kappa shape index (κ3) is 3.54. The molecule has 1 amide bonds. The van der Waals surface area contributed by atoms with Crippen LogP contribution in [0.15, 0.2) is 60.8 Å². The summed E-state index contributed by atoms with van der Waals surface area (Å²) >= 11 is 0. The van der Waals surface area contributed by atoms with Gasteiger partial charge < -0.3 is 5.32 Å². The first kappa shape index (κ1) is 15.2. The second kappa shape index (κ2) is 6.57. The highest BCUT2D eigenvalue weighted by atomic mass is 19.1. The first-order valence-corrected chi connectivity index (χ1v) is 7.48. The van der Waals surface area contributed by atoms with E-state index in [0.717, 1.165) is 16.5 Å². The number of benzene rings is 2. The summed E-state index contributed by atoms with van der Waals surface area (Å²) in [7, 11) is 0. The minimum Gasteiger partial charge on any atom is -0.349 e. The summed E-state index contributed by atoms with van der Waals surface area (Å²) in [4.78, 5) is 15.9. The van der Waals surface area contributed by atoms with E-state index in [2.05, 4.69) is 10.3 Å². The molecule has 0 saturated carbocycles. The van der Waals surface area contributed by atoms with Crippen LogP contribution in [-0.2, 0) is 11.2 Å². The summed E-state index contributed by atoms with van der Waals surface area (Å²) in [5.74, 6) is -0.430. The van der Waals surface area contributed by atoms with Gasteiger partial charge in [-0.1, -0.05) is 30.3 Å². The highest BCUT2D eigenvalue weighted by Gasteiger charge is 2.17. The van der Waals surface area contributed by atoms with Gasteiger partial charge in [0.15, 0.2) is 0 Å². The van der Waals surface area contributed by atoms with E-state index < -0.39 is 0 Å². The van der Waals surface area contributed by atoms with Crippen molar-refractivity contribution in [1.82, 2.24) is 10.3 Å². The van der Waals surface area contributed by atoms with Crippen LogP contribution in [0.5, 0.6) is 0 Å². The lowest BCUT2D eigenvalue weighted by atomic mass is 9.96. The average molecular weight is 308 g/mol. The van der Waals surface area contributed by atoms with E-state index in [0.29, 0.717) is 11.9 Å². The van der Waals surface area contributed by atoms with Crippen molar-refractivity contribution in [3.8, 4) is 0 Å². The van der Waals surface area contributed by atoms with Crippen molar-refractivity contribution in [2.45, 2.75) is 19.4 Å². The van der Waals surface area contributed by atoms with Crippen molar-refractivity contribution in [3.05, 3.63) is 77.7 Å². The normalized spacial score (nSPS) is 12.1. The first-order chi connectivity index (χ1) is 11.1. The Hall–Kier alpha value is -2.75. The van der Waals surface area contributed by atoms with Crippen molar-refractivity contribution < 1.29 is 9.18 Å². The number of carbonyl (C=O) groups is 1. The zero-order valence-corrected chi connectivity index (χ0v) is 12.8. The molecule has 1 aromatic heterocycles. The summed E-state index contributed by atoms with van der Waals surface area (Å²) in [6, 6.07) is 16.0. The minimum absolute atomic E-state index is 0.118. The summed E-state index contributed by atoms with van der Waals surface area (Å²) in [5.41, 5.74) is 2.69. The molecule has 3 nitrogen and oxygen atoms in total. The van der Waals surface area contributed by atoms with Gasteiger partial charge in [-0.2, -0.15) is 0 Å². The third-order valence-electron chi connectivity index (χ3n) is 3.77. The van der Waals surface area contributed by atoms with E-state index in [1.165, 1.54) is 19.1 Å². The number of carbonyl (C=O) groups excluding carboxylic acids is 1. The smallest absolute Gasteiger partial charge is 0.217 e. The average Bonchev–Trinajstić information content (AvgIpc) is 2.54. The van der Waals surface area contributed by atoms with Crippen molar-refractivity contribution in [2.24, 2.45) is 0 Å². The van der Waals surface area contributed by atoms with Gasteiger partial charge in [0, 0.05) is 18.5 Å². The maximum absolute atomic E-state index is 13.7. The Kier molecular flexibility index (Phi) is 4.33. The second-order valence-electron chi connectivity index (χ2n) is 5.50. The molecule has 0 spiro atoms. The number of nitrogens with one attached hydrogen (secondary N) is 1. The number of aromatic nitrogens is 1. The third-order valence-corrected chi connectivity index (χ3v) is 3.77. The number of hydrogen-bond donors (Lipinski definition) is 1. The van der Waals surface area contributed by atoms with E-state index in [1.54, 1.807) is 12.3 Å². The number of halogens is 1. The second-order valence-corrected chi connectivity index (χ2v) is 5.50. The number of fused-ring (bicyclic) bond motifs is 1. The zero-order valence-electron chi connectivity index (χ0n) is 12.8. The van der Waals surface area contributed by atoms with Crippen LogP contribution in [0.3, 0.4) is 0 Å². The maximum Gasteiger partial charge on any atom is 0.217 e. The van der Waals surface area contributed by atoms with Crippen molar-refractivity contribution >= 4 is 16.8 Å². The first-order valence-electron chi connectivity index (χ1n) is 7.48. The molecule has 0 aliphatic carbocycles. The Morgan fingerprint density at radius 2 is 1.96 bits per heavy atom. The summed E-state index contributed by atoms with van der Waals surface area (Å²) in [6.45, 7) is 1.49. The van der Waals surface area contributed by atoms with Crippen LogP contribution in [0.2, 0.25) is 0 Å². The molecule has 1 heterocycles. The van der Waals surface area contributed by atoms with Crippen molar-refractivity contribution in [2.75, 3.05) is 0 Å². The molecule has 0 radical (unpaired) electrons. The van der Waals surface area contributed by atoms with Crippen LogP contribution in [0, 0.1) is 5.82 Å². The number of rotatable bonds is 4. The fourth-order valence-corrected chi connectivity index (χ4v) is 2.78. The van der Waals surface area contributed by atoms with Crippen molar-refractivity contribution in [1.29, 1.82) is 0 Å². The lowest BCUT2D eigenvalue weighted by Gasteiger charge is -2.20. The van der Waals surface area contributed by atoms with Gasteiger partial charge in [0.25, 0.3) is 0 Å². The van der Waals surface area contributed by atoms with Crippen molar-refractivity contribution in [3.63, 3.8) is 0 Å². The SMILES string of the molecule is CC(=O)NC(Cc1ccccc1)c1ccnc2ccc(F)cc12. The Balaban J connectivity index is 2.06. The monoisotopic (exact) mass is 308 g/mol. The Morgan fingerprint density at radius 1 is 1.17 bits per heavy atom. The summed E-state index contributed by atoms with van der Waals surface area (Å²) < 4.78 is 13.7. The van der Waals surface area contributed by atoms with Crippen LogP contribution in [-0.4, -0.2) is 10.9 Å². The predicted octanol–water partition coefficient (Wildman–Crippen LogP) is 3.79. The zero-order chi connectivity index (χ0) is 16.2. The fraction of sp³-hybridized carbons (Fsp3) is 0.158. The molecule has 0 fully saturated rings. The maximum atomic E-state index is 13.7. The van der Waals surface area contributed by atoms with Gasteiger partial charge in [-0.25, -0.2) is 4.39 Å². The van der Waals surface area contributed by atoms with Crippen LogP contribution in [0.25, 0.3) is 10.9 Å². The van der Waals surface area contributed by atoms with Gasteiger partial charge in [-0.15, -0.1) is 0 Å². The fourth-order valence-electron chi connectivity index (χ4n) is 2.78. The van der Waals surface area contributed by atoms with E-state index >= 15 is 0 Å². The summed E-state index contributed by atoms with van der Waals surface area (Å²) in [5, 5.41) is 3.69. The molecular formula is C19H17FN2O. The van der Waals surface area contributed by atoms with E-state index in [1.807, 2.05) is 36.4 Å². The number of hydrogen-bond acceptors (Lipinski definition) is 2. The number of amides is 1. The molecule has 1 unspecified atom stereocenters. The van der Waals surface area contributed by atoms with Crippen LogP contribution in [0.1, 0.15) is 24.1 Å². The lowest BCUT2D eigenvalue weighted by Crippen LogP contribution is -2.28. The quantitative estimate of drug-likeness (QED) is 0.796. The van der Waals surface area contributed by atoms with Gasteiger partial charge in [0.05, 0.1) is 11.6 Å². The molecule has 0 bridgehead atoms. The van der Waals surface area contributed by atoms with E-state index in [9.17, 15) is 9.18 Å². The van der Waals surface area contributed by atoms with Gasteiger partial charge in [-0.3, -0.25) is 9.78 Å². The van der Waals surface area contributed by atoms with Gasteiger partial charge in [0.2, 0.25) is 5.91 Å². The van der Waals surface area contributed by atoms with Crippen LogP contribution in [0.4, 0.5) is 4.39 Å². The van der Waals surface area contributed by atoms with Gasteiger partial charge >= 0.3 is 0 Å². The molecule has 116 valence electrons. The lowest BCUT2D eigenvalue weighted by molar-refractivity contribution is -0.119. The van der Waals surface area contributed by atoms with Crippen LogP contribution < -0.4 is 5.32 Å². The number of nitrogens with zero attached hydrogens (tertiary/aromatic N) is 1. The standard InChI is InChI=1S/C19H17FN2O/c1-13(23)22-19(11-14-5-3-2-4-6-14)16-9-10-21-18-8-7-15(20)12-17(16)18/h2-10,12,19H,11H2,1H3,(H,22,23). The highest BCUT2D eigenvalue weighted by molar-refractivity contribution is 5.83. The van der Waals surface area contributed by atoms with Crippen LogP contribution >= 0.6 is 0 Å². The number of pyridine rings is 1. The molecule has 1 atom stereocenters. The molecule has 3 aromatic rings.